The number of rotatable bonds is 5. The maximum Gasteiger partial charge on any atom is 0.275 e. The number of nitrogens with one attached hydrogen (secondary N) is 1. The zero-order chi connectivity index (χ0) is 19.8. The van der Waals surface area contributed by atoms with Crippen molar-refractivity contribution in [1.29, 1.82) is 0 Å². The average molecular weight is 409 g/mol. The number of carbonyl (C=O) groups is 1. The van der Waals surface area contributed by atoms with Gasteiger partial charge in [0.15, 0.2) is 21.5 Å². The first-order chi connectivity index (χ1) is 12.0. The van der Waals surface area contributed by atoms with Crippen molar-refractivity contribution in [2.24, 2.45) is 13.0 Å². The number of aromatic nitrogens is 1. The van der Waals surface area contributed by atoms with E-state index in [9.17, 15) is 26.4 Å². The van der Waals surface area contributed by atoms with E-state index in [0.29, 0.717) is 0 Å². The van der Waals surface area contributed by atoms with Gasteiger partial charge in [0.05, 0.1) is 11.4 Å². The Morgan fingerprint density at radius 2 is 1.85 bits per heavy atom. The average Bonchev–Trinajstić information content (AvgIpc) is 2.82. The van der Waals surface area contributed by atoms with Crippen LogP contribution in [0.15, 0.2) is 23.2 Å². The normalized spacial score (nSPS) is 11.8. The quantitative estimate of drug-likeness (QED) is 0.765. The SMILES string of the molecule is CC(C)CS(=O)(=O)c1cn(C)c(C(=O)Nc2ccc(F)c(Cl)c2F)c1F. The van der Waals surface area contributed by atoms with Gasteiger partial charge in [0.1, 0.15) is 21.4 Å². The van der Waals surface area contributed by atoms with Gasteiger partial charge in [-0.2, -0.15) is 0 Å². The molecule has 0 saturated heterocycles. The minimum Gasteiger partial charge on any atom is -0.343 e. The van der Waals surface area contributed by atoms with Crippen LogP contribution in [0.4, 0.5) is 18.9 Å². The van der Waals surface area contributed by atoms with Gasteiger partial charge in [0, 0.05) is 13.2 Å². The summed E-state index contributed by atoms with van der Waals surface area (Å²) < 4.78 is 67.1. The summed E-state index contributed by atoms with van der Waals surface area (Å²) in [6, 6.07) is 1.76. The Labute approximate surface area is 153 Å². The van der Waals surface area contributed by atoms with Crippen LogP contribution in [-0.4, -0.2) is 24.6 Å². The molecule has 0 saturated carbocycles. The van der Waals surface area contributed by atoms with Crippen molar-refractivity contribution in [3.05, 3.63) is 46.5 Å². The molecule has 2 rings (SSSR count). The van der Waals surface area contributed by atoms with E-state index in [4.69, 9.17) is 11.6 Å². The van der Waals surface area contributed by atoms with Crippen LogP contribution >= 0.6 is 11.6 Å². The first kappa shape index (κ1) is 20.3. The molecule has 0 aliphatic rings. The molecule has 1 amide bonds. The number of carbonyl (C=O) groups excluding carboxylic acids is 1. The minimum atomic E-state index is -3.94. The summed E-state index contributed by atoms with van der Waals surface area (Å²) in [6.45, 7) is 3.32. The maximum absolute atomic E-state index is 14.6. The number of hydrogen-bond acceptors (Lipinski definition) is 3. The number of nitrogens with zero attached hydrogens (tertiary/aromatic N) is 1. The van der Waals surface area contributed by atoms with Crippen LogP contribution < -0.4 is 5.32 Å². The third kappa shape index (κ3) is 3.88. The van der Waals surface area contributed by atoms with Crippen LogP contribution in [0, 0.1) is 23.4 Å². The van der Waals surface area contributed by atoms with Gasteiger partial charge in [-0.1, -0.05) is 25.4 Å². The molecule has 0 aliphatic carbocycles. The Hall–Kier alpha value is -2.00. The van der Waals surface area contributed by atoms with Crippen LogP contribution in [0.3, 0.4) is 0 Å². The molecule has 1 heterocycles. The summed E-state index contributed by atoms with van der Waals surface area (Å²) in [7, 11) is -2.66. The summed E-state index contributed by atoms with van der Waals surface area (Å²) in [4.78, 5) is 11.7. The second-order valence-corrected chi connectivity index (χ2v) is 8.50. The molecule has 10 heteroatoms. The number of aryl methyl sites for hydroxylation is 1. The molecule has 1 aromatic carbocycles. The van der Waals surface area contributed by atoms with E-state index in [1.54, 1.807) is 13.8 Å². The zero-order valence-corrected chi connectivity index (χ0v) is 15.7. The van der Waals surface area contributed by atoms with Gasteiger partial charge in [0.2, 0.25) is 0 Å². The number of sulfone groups is 1. The molecule has 0 bridgehead atoms. The monoisotopic (exact) mass is 408 g/mol. The van der Waals surface area contributed by atoms with E-state index >= 15 is 0 Å². The molecule has 0 unspecified atom stereocenters. The lowest BCUT2D eigenvalue weighted by molar-refractivity contribution is 0.101. The Morgan fingerprint density at radius 1 is 1.23 bits per heavy atom. The fourth-order valence-corrected chi connectivity index (χ4v) is 4.29. The standard InChI is InChI=1S/C16H16ClF3N2O3S/c1-8(2)7-26(24,25)11-6-22(3)15(14(11)20)16(23)21-10-5-4-9(18)12(17)13(10)19/h4-6,8H,7H2,1-3H3,(H,21,23). The van der Waals surface area contributed by atoms with Crippen molar-refractivity contribution >= 4 is 33.0 Å². The van der Waals surface area contributed by atoms with Gasteiger partial charge in [-0.15, -0.1) is 0 Å². The smallest absolute Gasteiger partial charge is 0.275 e. The van der Waals surface area contributed by atoms with E-state index < -0.39 is 54.5 Å². The van der Waals surface area contributed by atoms with Gasteiger partial charge in [0.25, 0.3) is 5.91 Å². The summed E-state index contributed by atoms with van der Waals surface area (Å²) >= 11 is 5.43. The third-order valence-electron chi connectivity index (χ3n) is 3.47. The number of hydrogen-bond donors (Lipinski definition) is 1. The lowest BCUT2D eigenvalue weighted by Crippen LogP contribution is -2.18. The molecule has 5 nitrogen and oxygen atoms in total. The molecular weight excluding hydrogens is 393 g/mol. The van der Waals surface area contributed by atoms with Gasteiger partial charge >= 0.3 is 0 Å². The van der Waals surface area contributed by atoms with Crippen molar-refractivity contribution < 1.29 is 26.4 Å². The minimum absolute atomic E-state index is 0.243. The second kappa shape index (κ2) is 7.32. The highest BCUT2D eigenvalue weighted by Crippen LogP contribution is 2.27. The third-order valence-corrected chi connectivity index (χ3v) is 5.88. The van der Waals surface area contributed by atoms with Crippen molar-refractivity contribution in [3.8, 4) is 0 Å². The van der Waals surface area contributed by atoms with Gasteiger partial charge in [-0.25, -0.2) is 21.6 Å². The first-order valence-corrected chi connectivity index (χ1v) is 9.51. The van der Waals surface area contributed by atoms with Crippen LogP contribution in [0.5, 0.6) is 0 Å². The second-order valence-electron chi connectivity index (χ2n) is 6.12. The van der Waals surface area contributed by atoms with Crippen LogP contribution in [0.25, 0.3) is 0 Å². The van der Waals surface area contributed by atoms with E-state index in [1.165, 1.54) is 7.05 Å². The Balaban J connectivity index is 2.41. The molecule has 2 aromatic rings. The predicted molar refractivity (Wildman–Crippen MR) is 91.6 cm³/mol. The molecule has 0 radical (unpaired) electrons. The molecule has 0 atom stereocenters. The summed E-state index contributed by atoms with van der Waals surface area (Å²) in [5.41, 5.74) is -1.07. The van der Waals surface area contributed by atoms with Crippen molar-refractivity contribution in [2.45, 2.75) is 18.7 Å². The Morgan fingerprint density at radius 3 is 2.42 bits per heavy atom. The first-order valence-electron chi connectivity index (χ1n) is 7.48. The van der Waals surface area contributed by atoms with E-state index in [-0.39, 0.29) is 11.7 Å². The molecule has 0 aliphatic heterocycles. The Bertz CT molecular complexity index is 972. The molecule has 142 valence electrons. The molecular formula is C16H16ClF3N2O3S. The highest BCUT2D eigenvalue weighted by atomic mass is 35.5. The van der Waals surface area contributed by atoms with Gasteiger partial charge < -0.3 is 9.88 Å². The lowest BCUT2D eigenvalue weighted by Gasteiger charge is -2.08. The van der Waals surface area contributed by atoms with Crippen LogP contribution in [0.1, 0.15) is 24.3 Å². The Kier molecular flexibility index (Phi) is 5.72. The number of halogens is 4. The number of benzene rings is 1. The van der Waals surface area contributed by atoms with Crippen LogP contribution in [-0.2, 0) is 16.9 Å². The van der Waals surface area contributed by atoms with Crippen molar-refractivity contribution in [2.75, 3.05) is 11.1 Å². The molecule has 1 N–H and O–H groups in total. The maximum atomic E-state index is 14.6. The number of anilines is 1. The molecule has 26 heavy (non-hydrogen) atoms. The fraction of sp³-hybridized carbons (Fsp3) is 0.312. The van der Waals surface area contributed by atoms with E-state index in [2.05, 4.69) is 5.32 Å². The summed E-state index contributed by atoms with van der Waals surface area (Å²) in [5.74, 6) is -5.11. The van der Waals surface area contributed by atoms with Crippen molar-refractivity contribution in [1.82, 2.24) is 4.57 Å². The van der Waals surface area contributed by atoms with Gasteiger partial charge in [-0.3, -0.25) is 4.79 Å². The van der Waals surface area contributed by atoms with Crippen molar-refractivity contribution in [3.63, 3.8) is 0 Å². The van der Waals surface area contributed by atoms with Gasteiger partial charge in [-0.05, 0) is 18.1 Å². The topological polar surface area (TPSA) is 68.2 Å². The summed E-state index contributed by atoms with van der Waals surface area (Å²) in [5, 5.41) is 1.24. The fourth-order valence-electron chi connectivity index (χ4n) is 2.38. The molecule has 0 spiro atoms. The highest BCUT2D eigenvalue weighted by Gasteiger charge is 2.29. The lowest BCUT2D eigenvalue weighted by atomic mass is 10.2. The van der Waals surface area contributed by atoms with E-state index in [0.717, 1.165) is 22.9 Å². The highest BCUT2D eigenvalue weighted by molar-refractivity contribution is 7.91. The molecule has 0 fully saturated rings. The van der Waals surface area contributed by atoms with E-state index in [1.807, 2.05) is 0 Å². The van der Waals surface area contributed by atoms with Crippen LogP contribution in [0.2, 0.25) is 5.02 Å². The zero-order valence-electron chi connectivity index (χ0n) is 14.1. The number of amides is 1. The summed E-state index contributed by atoms with van der Waals surface area (Å²) in [6.07, 6.45) is 0.982. The largest absolute Gasteiger partial charge is 0.343 e. The predicted octanol–water partition coefficient (Wildman–Crippen LogP) is 3.78. The molecule has 1 aromatic heterocycles.